The number of unbranched alkanes of at least 4 members (excludes halogenated alkanes) is 3. The molecule has 0 aliphatic carbocycles. The van der Waals surface area contributed by atoms with Gasteiger partial charge in [0.2, 0.25) is 5.28 Å². The van der Waals surface area contributed by atoms with E-state index in [1.165, 1.54) is 9.13 Å². The lowest BCUT2D eigenvalue weighted by Gasteiger charge is -2.10. The highest BCUT2D eigenvalue weighted by Crippen LogP contribution is 2.10. The zero-order chi connectivity index (χ0) is 16.8. The number of imidazole rings is 1. The maximum Gasteiger partial charge on any atom is 0.332 e. The SMILES string of the molecule is CCCCn1c(=O)n(CCCCC=NC)c(=O)c2[nH]c(Cl)nc21. The van der Waals surface area contributed by atoms with Crippen LogP contribution in [-0.2, 0) is 13.1 Å². The third-order valence-electron chi connectivity index (χ3n) is 3.72. The molecule has 2 heterocycles. The van der Waals surface area contributed by atoms with E-state index in [4.69, 9.17) is 11.6 Å². The van der Waals surface area contributed by atoms with Crippen LogP contribution in [0.2, 0.25) is 5.28 Å². The van der Waals surface area contributed by atoms with Gasteiger partial charge in [-0.05, 0) is 43.5 Å². The molecule has 0 spiro atoms. The predicted octanol–water partition coefficient (Wildman–Crippen LogP) is 2.21. The highest BCUT2D eigenvalue weighted by molar-refractivity contribution is 6.28. The fraction of sp³-hybridized carbons (Fsp3) is 0.600. The molecule has 0 fully saturated rings. The average molecular weight is 340 g/mol. The third kappa shape index (κ3) is 3.90. The molecular formula is C15H22ClN5O2. The van der Waals surface area contributed by atoms with Crippen LogP contribution >= 0.6 is 11.6 Å². The smallest absolute Gasteiger partial charge is 0.323 e. The Bertz CT molecular complexity index is 803. The van der Waals surface area contributed by atoms with Crippen LogP contribution in [0.4, 0.5) is 0 Å². The quantitative estimate of drug-likeness (QED) is 0.454. The van der Waals surface area contributed by atoms with Gasteiger partial charge in [0.05, 0.1) is 0 Å². The summed E-state index contributed by atoms with van der Waals surface area (Å²) in [5.41, 5.74) is -0.0433. The predicted molar refractivity (Wildman–Crippen MR) is 92.8 cm³/mol. The number of rotatable bonds is 8. The molecule has 1 N–H and O–H groups in total. The number of aliphatic imine (C=N–C) groups is 1. The molecule has 126 valence electrons. The standard InChI is InChI=1S/C15H22ClN5O2/c1-3-4-9-20-12-11(18-14(16)19-12)13(22)21(15(20)23)10-7-5-6-8-17-2/h8H,3-7,9-10H2,1-2H3,(H,18,19). The molecule has 8 heteroatoms. The second-order valence-electron chi connectivity index (χ2n) is 5.41. The van der Waals surface area contributed by atoms with Crippen molar-refractivity contribution in [1.82, 2.24) is 19.1 Å². The van der Waals surface area contributed by atoms with Crippen LogP contribution in [0, 0.1) is 0 Å². The molecule has 0 bridgehead atoms. The van der Waals surface area contributed by atoms with E-state index in [0.29, 0.717) is 24.3 Å². The Kier molecular flexibility index (Phi) is 6.15. The average Bonchev–Trinajstić information content (AvgIpc) is 2.92. The summed E-state index contributed by atoms with van der Waals surface area (Å²) in [6.45, 7) is 2.95. The lowest BCUT2D eigenvalue weighted by atomic mass is 10.2. The summed E-state index contributed by atoms with van der Waals surface area (Å²) < 4.78 is 2.81. The van der Waals surface area contributed by atoms with E-state index in [1.807, 2.05) is 13.1 Å². The van der Waals surface area contributed by atoms with Gasteiger partial charge in [-0.25, -0.2) is 4.79 Å². The van der Waals surface area contributed by atoms with Crippen molar-refractivity contribution in [3.63, 3.8) is 0 Å². The van der Waals surface area contributed by atoms with Crippen LogP contribution in [0.25, 0.3) is 11.2 Å². The molecular weight excluding hydrogens is 318 g/mol. The summed E-state index contributed by atoms with van der Waals surface area (Å²) in [5.74, 6) is 0. The normalized spacial score (nSPS) is 11.8. The fourth-order valence-corrected chi connectivity index (χ4v) is 2.66. The molecule has 0 saturated heterocycles. The zero-order valence-electron chi connectivity index (χ0n) is 13.5. The van der Waals surface area contributed by atoms with Crippen molar-refractivity contribution in [2.24, 2.45) is 4.99 Å². The van der Waals surface area contributed by atoms with Crippen LogP contribution in [0.1, 0.15) is 39.0 Å². The van der Waals surface area contributed by atoms with Crippen LogP contribution in [0.15, 0.2) is 14.6 Å². The summed E-state index contributed by atoms with van der Waals surface area (Å²) >= 11 is 5.88. The van der Waals surface area contributed by atoms with E-state index in [0.717, 1.165) is 32.1 Å². The molecule has 0 amide bonds. The van der Waals surface area contributed by atoms with Crippen LogP contribution in [-0.4, -0.2) is 32.4 Å². The Morgan fingerprint density at radius 3 is 2.65 bits per heavy atom. The number of fused-ring (bicyclic) bond motifs is 1. The van der Waals surface area contributed by atoms with Gasteiger partial charge in [-0.1, -0.05) is 13.3 Å². The molecule has 0 unspecified atom stereocenters. The van der Waals surface area contributed by atoms with Crippen molar-refractivity contribution in [3.05, 3.63) is 26.1 Å². The lowest BCUT2D eigenvalue weighted by molar-refractivity contribution is 0.527. The van der Waals surface area contributed by atoms with Gasteiger partial charge >= 0.3 is 5.69 Å². The lowest BCUT2D eigenvalue weighted by Crippen LogP contribution is -2.40. The van der Waals surface area contributed by atoms with Crippen molar-refractivity contribution in [2.75, 3.05) is 7.05 Å². The second kappa shape index (κ2) is 8.10. The largest absolute Gasteiger partial charge is 0.332 e. The first kappa shape index (κ1) is 17.5. The van der Waals surface area contributed by atoms with E-state index in [2.05, 4.69) is 15.0 Å². The van der Waals surface area contributed by atoms with Crippen molar-refractivity contribution >= 4 is 29.0 Å². The molecule has 0 aliphatic heterocycles. The minimum Gasteiger partial charge on any atom is -0.323 e. The van der Waals surface area contributed by atoms with Crippen LogP contribution < -0.4 is 11.2 Å². The fourth-order valence-electron chi connectivity index (χ4n) is 2.49. The highest BCUT2D eigenvalue weighted by atomic mass is 35.5. The van der Waals surface area contributed by atoms with Gasteiger partial charge in [0.1, 0.15) is 0 Å². The van der Waals surface area contributed by atoms with Gasteiger partial charge in [0.25, 0.3) is 5.56 Å². The molecule has 2 aromatic heterocycles. The Morgan fingerprint density at radius 2 is 1.96 bits per heavy atom. The monoisotopic (exact) mass is 339 g/mol. The molecule has 2 rings (SSSR count). The van der Waals surface area contributed by atoms with Crippen molar-refractivity contribution in [1.29, 1.82) is 0 Å². The molecule has 0 saturated carbocycles. The van der Waals surface area contributed by atoms with Crippen molar-refractivity contribution in [2.45, 2.75) is 52.1 Å². The molecule has 7 nitrogen and oxygen atoms in total. The first-order valence-corrected chi connectivity index (χ1v) is 8.27. The molecule has 0 aromatic carbocycles. The maximum absolute atomic E-state index is 12.6. The summed E-state index contributed by atoms with van der Waals surface area (Å²) in [7, 11) is 1.73. The van der Waals surface area contributed by atoms with Crippen LogP contribution in [0.5, 0.6) is 0 Å². The summed E-state index contributed by atoms with van der Waals surface area (Å²) in [5, 5.41) is 0.124. The van der Waals surface area contributed by atoms with Gasteiger partial charge in [-0.2, -0.15) is 4.98 Å². The van der Waals surface area contributed by atoms with Crippen molar-refractivity contribution in [3.8, 4) is 0 Å². The molecule has 0 atom stereocenters. The number of nitrogens with one attached hydrogen (secondary N) is 1. The van der Waals surface area contributed by atoms with E-state index in [-0.39, 0.29) is 16.5 Å². The summed E-state index contributed by atoms with van der Waals surface area (Å²) in [6.07, 6.45) is 6.07. The summed E-state index contributed by atoms with van der Waals surface area (Å²) in [6, 6.07) is 0. The van der Waals surface area contributed by atoms with Gasteiger partial charge < -0.3 is 9.98 Å². The number of aryl methyl sites for hydroxylation is 1. The van der Waals surface area contributed by atoms with E-state index in [9.17, 15) is 9.59 Å². The van der Waals surface area contributed by atoms with E-state index >= 15 is 0 Å². The molecule has 2 aromatic rings. The number of hydrogen-bond donors (Lipinski definition) is 1. The highest BCUT2D eigenvalue weighted by Gasteiger charge is 2.16. The Balaban J connectivity index is 2.39. The van der Waals surface area contributed by atoms with Gasteiger partial charge in [0, 0.05) is 20.1 Å². The van der Waals surface area contributed by atoms with Gasteiger partial charge in [0.15, 0.2) is 11.2 Å². The second-order valence-corrected chi connectivity index (χ2v) is 5.77. The first-order valence-electron chi connectivity index (χ1n) is 7.89. The zero-order valence-corrected chi connectivity index (χ0v) is 14.3. The van der Waals surface area contributed by atoms with E-state index in [1.54, 1.807) is 7.05 Å². The molecule has 23 heavy (non-hydrogen) atoms. The molecule has 0 aliphatic rings. The van der Waals surface area contributed by atoms with E-state index < -0.39 is 0 Å². The third-order valence-corrected chi connectivity index (χ3v) is 3.89. The number of H-pyrrole nitrogens is 1. The maximum atomic E-state index is 12.6. The number of aromatic nitrogens is 4. The number of hydrogen-bond acceptors (Lipinski definition) is 4. The Labute approximate surface area is 139 Å². The number of halogens is 1. The minimum atomic E-state index is -0.360. The van der Waals surface area contributed by atoms with Crippen molar-refractivity contribution < 1.29 is 0 Å². The van der Waals surface area contributed by atoms with Crippen LogP contribution in [0.3, 0.4) is 0 Å². The summed E-state index contributed by atoms with van der Waals surface area (Å²) in [4.78, 5) is 35.9. The topological polar surface area (TPSA) is 85.0 Å². The molecule has 0 radical (unpaired) electrons. The first-order chi connectivity index (χ1) is 11.1. The van der Waals surface area contributed by atoms with Gasteiger partial charge in [-0.15, -0.1) is 0 Å². The Morgan fingerprint density at radius 1 is 1.22 bits per heavy atom. The minimum absolute atomic E-state index is 0.124. The van der Waals surface area contributed by atoms with Gasteiger partial charge in [-0.3, -0.25) is 13.9 Å². The number of nitrogens with zero attached hydrogens (tertiary/aromatic N) is 4. The number of aromatic amines is 1. The Hall–Kier alpha value is -1.89.